The van der Waals surface area contributed by atoms with Gasteiger partial charge in [0.2, 0.25) is 0 Å². The highest BCUT2D eigenvalue weighted by atomic mass is 16.5. The van der Waals surface area contributed by atoms with Crippen LogP contribution in [0.4, 0.5) is 0 Å². The Kier molecular flexibility index (Phi) is 3.54. The summed E-state index contributed by atoms with van der Waals surface area (Å²) in [7, 11) is 1.59. The highest BCUT2D eigenvalue weighted by Crippen LogP contribution is 2.30. The zero-order valence-corrected chi connectivity index (χ0v) is 13.5. The Bertz CT molecular complexity index is 972. The standard InChI is InChI=1S/C20H14N2O3/c1-25-15-10-8-13(9-11-15)12-21-22-19(23)16-6-2-4-14-5-3-7-17(18(14)16)20(22)24/h2-12H,1H3/b21-12-. The summed E-state index contributed by atoms with van der Waals surface area (Å²) in [5, 5.41) is 6.60. The second-order valence-corrected chi connectivity index (χ2v) is 5.65. The van der Waals surface area contributed by atoms with Crippen LogP contribution in [0.15, 0.2) is 65.8 Å². The number of carbonyl (C=O) groups excluding carboxylic acids is 2. The van der Waals surface area contributed by atoms with E-state index >= 15 is 0 Å². The maximum Gasteiger partial charge on any atom is 0.282 e. The molecule has 0 bridgehead atoms. The van der Waals surface area contributed by atoms with Crippen molar-refractivity contribution in [1.29, 1.82) is 0 Å². The fourth-order valence-electron chi connectivity index (χ4n) is 2.94. The van der Waals surface area contributed by atoms with Crippen LogP contribution in [0.5, 0.6) is 5.75 Å². The minimum Gasteiger partial charge on any atom is -0.497 e. The molecular formula is C20H14N2O3. The lowest BCUT2D eigenvalue weighted by atomic mass is 9.95. The van der Waals surface area contributed by atoms with Crippen molar-refractivity contribution >= 4 is 28.8 Å². The average Bonchev–Trinajstić information content (AvgIpc) is 2.66. The number of amides is 2. The molecule has 0 unspecified atom stereocenters. The van der Waals surface area contributed by atoms with Crippen LogP contribution in [-0.2, 0) is 0 Å². The second kappa shape index (κ2) is 5.87. The molecule has 2 amide bonds. The van der Waals surface area contributed by atoms with Crippen molar-refractivity contribution < 1.29 is 14.3 Å². The van der Waals surface area contributed by atoms with E-state index in [4.69, 9.17) is 4.74 Å². The zero-order valence-electron chi connectivity index (χ0n) is 13.5. The maximum atomic E-state index is 12.7. The molecule has 0 spiro atoms. The lowest BCUT2D eigenvalue weighted by Crippen LogP contribution is -2.36. The summed E-state index contributed by atoms with van der Waals surface area (Å²) in [6.45, 7) is 0. The predicted octanol–water partition coefficient (Wildman–Crippen LogP) is 3.48. The van der Waals surface area contributed by atoms with E-state index in [1.54, 1.807) is 55.6 Å². The lowest BCUT2D eigenvalue weighted by Gasteiger charge is -2.22. The molecule has 25 heavy (non-hydrogen) atoms. The Hall–Kier alpha value is -3.47. The normalized spacial score (nSPS) is 13.7. The molecule has 5 nitrogen and oxygen atoms in total. The summed E-state index contributed by atoms with van der Waals surface area (Å²) >= 11 is 0. The van der Waals surface area contributed by atoms with Crippen molar-refractivity contribution in [3.63, 3.8) is 0 Å². The number of methoxy groups -OCH3 is 1. The highest BCUT2D eigenvalue weighted by Gasteiger charge is 2.32. The second-order valence-electron chi connectivity index (χ2n) is 5.65. The van der Waals surface area contributed by atoms with Crippen molar-refractivity contribution in [1.82, 2.24) is 5.01 Å². The van der Waals surface area contributed by atoms with Gasteiger partial charge in [0.15, 0.2) is 0 Å². The smallest absolute Gasteiger partial charge is 0.282 e. The minimum absolute atomic E-state index is 0.418. The summed E-state index contributed by atoms with van der Waals surface area (Å²) < 4.78 is 5.11. The van der Waals surface area contributed by atoms with Gasteiger partial charge in [-0.1, -0.05) is 24.3 Å². The average molecular weight is 330 g/mol. The molecule has 0 fully saturated rings. The van der Waals surface area contributed by atoms with Gasteiger partial charge in [-0.05, 0) is 47.3 Å². The molecule has 0 atom stereocenters. The Morgan fingerprint density at radius 3 is 2.04 bits per heavy atom. The summed E-state index contributed by atoms with van der Waals surface area (Å²) in [4.78, 5) is 25.4. The number of benzene rings is 3. The minimum atomic E-state index is -0.418. The largest absolute Gasteiger partial charge is 0.497 e. The molecule has 0 N–H and O–H groups in total. The van der Waals surface area contributed by atoms with E-state index in [0.29, 0.717) is 16.5 Å². The van der Waals surface area contributed by atoms with Gasteiger partial charge < -0.3 is 4.74 Å². The van der Waals surface area contributed by atoms with Crippen LogP contribution in [0, 0.1) is 0 Å². The Morgan fingerprint density at radius 2 is 1.48 bits per heavy atom. The summed E-state index contributed by atoms with van der Waals surface area (Å²) in [5.41, 5.74) is 1.73. The molecule has 0 aliphatic carbocycles. The van der Waals surface area contributed by atoms with E-state index in [0.717, 1.165) is 21.7 Å². The number of hydrazone groups is 1. The Balaban J connectivity index is 1.73. The van der Waals surface area contributed by atoms with Crippen molar-refractivity contribution in [2.45, 2.75) is 0 Å². The fourth-order valence-corrected chi connectivity index (χ4v) is 2.94. The number of ether oxygens (including phenoxy) is 1. The number of hydrogen-bond acceptors (Lipinski definition) is 4. The number of imide groups is 1. The zero-order chi connectivity index (χ0) is 17.4. The summed E-state index contributed by atoms with van der Waals surface area (Å²) in [5.74, 6) is -0.110. The van der Waals surface area contributed by atoms with Crippen LogP contribution in [0.25, 0.3) is 10.8 Å². The third-order valence-corrected chi connectivity index (χ3v) is 4.19. The van der Waals surface area contributed by atoms with Crippen molar-refractivity contribution in [2.75, 3.05) is 7.11 Å². The molecule has 122 valence electrons. The monoisotopic (exact) mass is 330 g/mol. The molecule has 1 aliphatic heterocycles. The Labute approximate surface area is 144 Å². The third-order valence-electron chi connectivity index (χ3n) is 4.19. The predicted molar refractivity (Wildman–Crippen MR) is 95.0 cm³/mol. The van der Waals surface area contributed by atoms with Gasteiger partial charge in [-0.2, -0.15) is 10.1 Å². The van der Waals surface area contributed by atoms with Crippen molar-refractivity contribution in [3.05, 3.63) is 77.4 Å². The molecule has 3 aromatic rings. The lowest BCUT2D eigenvalue weighted by molar-refractivity contribution is 0.0616. The van der Waals surface area contributed by atoms with E-state index in [-0.39, 0.29) is 0 Å². The van der Waals surface area contributed by atoms with Crippen LogP contribution in [0.2, 0.25) is 0 Å². The van der Waals surface area contributed by atoms with Gasteiger partial charge in [0.1, 0.15) is 5.75 Å². The molecule has 3 aromatic carbocycles. The first-order valence-electron chi connectivity index (χ1n) is 7.77. The Morgan fingerprint density at radius 1 is 0.880 bits per heavy atom. The van der Waals surface area contributed by atoms with Crippen molar-refractivity contribution in [2.24, 2.45) is 5.10 Å². The molecular weight excluding hydrogens is 316 g/mol. The number of carbonyl (C=O) groups is 2. The maximum absolute atomic E-state index is 12.7. The van der Waals surface area contributed by atoms with Gasteiger partial charge in [0.05, 0.1) is 24.5 Å². The fraction of sp³-hybridized carbons (Fsp3) is 0.0500. The van der Waals surface area contributed by atoms with Gasteiger partial charge in [-0.25, -0.2) is 0 Å². The molecule has 0 aromatic heterocycles. The first-order valence-corrected chi connectivity index (χ1v) is 7.77. The van der Waals surface area contributed by atoms with Gasteiger partial charge in [-0.3, -0.25) is 9.59 Å². The molecule has 1 heterocycles. The van der Waals surface area contributed by atoms with Crippen LogP contribution >= 0.6 is 0 Å². The number of nitrogens with zero attached hydrogens (tertiary/aromatic N) is 2. The van der Waals surface area contributed by atoms with Gasteiger partial charge >= 0.3 is 0 Å². The van der Waals surface area contributed by atoms with Crippen LogP contribution < -0.4 is 4.74 Å². The van der Waals surface area contributed by atoms with Crippen LogP contribution in [-0.4, -0.2) is 30.1 Å². The molecule has 0 saturated carbocycles. The third kappa shape index (κ3) is 2.46. The van der Waals surface area contributed by atoms with E-state index in [9.17, 15) is 9.59 Å². The van der Waals surface area contributed by atoms with E-state index in [1.165, 1.54) is 6.21 Å². The van der Waals surface area contributed by atoms with Gasteiger partial charge in [-0.15, -0.1) is 0 Å². The first-order chi connectivity index (χ1) is 12.2. The van der Waals surface area contributed by atoms with Gasteiger partial charge in [0, 0.05) is 5.39 Å². The van der Waals surface area contributed by atoms with Crippen molar-refractivity contribution in [3.8, 4) is 5.75 Å². The summed E-state index contributed by atoms with van der Waals surface area (Å²) in [6, 6.07) is 18.0. The molecule has 0 saturated heterocycles. The topological polar surface area (TPSA) is 59.0 Å². The quantitative estimate of drug-likeness (QED) is 0.546. The van der Waals surface area contributed by atoms with E-state index in [2.05, 4.69) is 5.10 Å². The molecule has 0 radical (unpaired) electrons. The molecule has 1 aliphatic rings. The van der Waals surface area contributed by atoms with E-state index in [1.807, 2.05) is 12.1 Å². The SMILES string of the molecule is COc1ccc(/C=N\N2C(=O)c3cccc4cccc(c34)C2=O)cc1. The molecule has 5 heteroatoms. The van der Waals surface area contributed by atoms with Gasteiger partial charge in [0.25, 0.3) is 11.8 Å². The first kappa shape index (κ1) is 15.1. The summed E-state index contributed by atoms with van der Waals surface area (Å²) in [6.07, 6.45) is 1.49. The molecule has 4 rings (SSSR count). The highest BCUT2D eigenvalue weighted by molar-refractivity contribution is 6.25. The van der Waals surface area contributed by atoms with Crippen LogP contribution in [0.1, 0.15) is 26.3 Å². The number of hydrogen-bond donors (Lipinski definition) is 0. The number of rotatable bonds is 3. The van der Waals surface area contributed by atoms with Crippen LogP contribution in [0.3, 0.4) is 0 Å². The van der Waals surface area contributed by atoms with E-state index < -0.39 is 11.8 Å².